The molecule has 1 aromatic rings. The van der Waals surface area contributed by atoms with Gasteiger partial charge in [-0.1, -0.05) is 6.07 Å². The van der Waals surface area contributed by atoms with Gasteiger partial charge in [-0.2, -0.15) is 0 Å². The van der Waals surface area contributed by atoms with Gasteiger partial charge in [0.1, 0.15) is 5.75 Å². The Kier molecular flexibility index (Phi) is 6.79. The largest absolute Gasteiger partial charge is 0.497 e. The zero-order valence-electron chi connectivity index (χ0n) is 16.4. The molecule has 0 aromatic heterocycles. The molecular formula is C20H31N5O2. The quantitative estimate of drug-likeness (QED) is 0.428. The summed E-state index contributed by atoms with van der Waals surface area (Å²) in [6.07, 6.45) is 2.07. The Hall–Kier alpha value is -2.44. The topological polar surface area (TPSA) is 69.2 Å². The SMILES string of the molecule is CCNC(=NCCNC(=O)C1CC1)N1CCN(c2cccc(OC)c2)CC1. The number of benzene rings is 1. The van der Waals surface area contributed by atoms with Crippen molar-refractivity contribution >= 4 is 17.6 Å². The zero-order valence-corrected chi connectivity index (χ0v) is 16.4. The van der Waals surface area contributed by atoms with Gasteiger partial charge in [-0.05, 0) is 31.9 Å². The lowest BCUT2D eigenvalue weighted by Crippen LogP contribution is -2.52. The van der Waals surface area contributed by atoms with Crippen molar-refractivity contribution in [3.05, 3.63) is 24.3 Å². The molecule has 1 amide bonds. The minimum absolute atomic E-state index is 0.183. The average molecular weight is 374 g/mol. The van der Waals surface area contributed by atoms with Gasteiger partial charge in [0.05, 0.1) is 13.7 Å². The second kappa shape index (κ2) is 9.48. The number of guanidine groups is 1. The van der Waals surface area contributed by atoms with E-state index < -0.39 is 0 Å². The molecule has 0 bridgehead atoms. The first-order valence-electron chi connectivity index (χ1n) is 9.91. The number of amides is 1. The molecule has 1 aromatic carbocycles. The van der Waals surface area contributed by atoms with Crippen LogP contribution in [0.4, 0.5) is 5.69 Å². The van der Waals surface area contributed by atoms with Gasteiger partial charge in [0, 0.05) is 56.9 Å². The van der Waals surface area contributed by atoms with Crippen molar-refractivity contribution in [3.63, 3.8) is 0 Å². The van der Waals surface area contributed by atoms with Crippen molar-refractivity contribution < 1.29 is 9.53 Å². The minimum atomic E-state index is 0.183. The van der Waals surface area contributed by atoms with Gasteiger partial charge < -0.3 is 25.2 Å². The molecule has 1 aliphatic heterocycles. The van der Waals surface area contributed by atoms with Gasteiger partial charge in [-0.15, -0.1) is 0 Å². The Balaban J connectivity index is 1.49. The highest BCUT2D eigenvalue weighted by Gasteiger charge is 2.29. The molecule has 1 saturated carbocycles. The molecule has 2 aliphatic rings. The molecule has 1 heterocycles. The second-order valence-electron chi connectivity index (χ2n) is 6.98. The van der Waals surface area contributed by atoms with Crippen LogP contribution in [0.15, 0.2) is 29.3 Å². The van der Waals surface area contributed by atoms with Crippen LogP contribution in [-0.4, -0.2) is 69.7 Å². The number of anilines is 1. The normalized spacial score (nSPS) is 17.6. The van der Waals surface area contributed by atoms with Crippen molar-refractivity contribution in [2.24, 2.45) is 10.9 Å². The van der Waals surface area contributed by atoms with Crippen LogP contribution in [0.25, 0.3) is 0 Å². The van der Waals surface area contributed by atoms with Crippen molar-refractivity contribution in [2.75, 3.05) is 57.8 Å². The van der Waals surface area contributed by atoms with Crippen molar-refractivity contribution in [1.82, 2.24) is 15.5 Å². The molecule has 3 rings (SSSR count). The first-order chi connectivity index (χ1) is 13.2. The van der Waals surface area contributed by atoms with Gasteiger partial charge >= 0.3 is 0 Å². The van der Waals surface area contributed by atoms with Crippen LogP contribution < -0.4 is 20.3 Å². The lowest BCUT2D eigenvalue weighted by molar-refractivity contribution is -0.122. The van der Waals surface area contributed by atoms with Crippen LogP contribution in [0.5, 0.6) is 5.75 Å². The molecule has 0 unspecified atom stereocenters. The van der Waals surface area contributed by atoms with Crippen LogP contribution in [0.3, 0.4) is 0 Å². The number of nitrogens with one attached hydrogen (secondary N) is 2. The fraction of sp³-hybridized carbons (Fsp3) is 0.600. The number of methoxy groups -OCH3 is 1. The first-order valence-corrected chi connectivity index (χ1v) is 9.91. The summed E-state index contributed by atoms with van der Waals surface area (Å²) in [6, 6.07) is 8.21. The third-order valence-corrected chi connectivity index (χ3v) is 4.95. The van der Waals surface area contributed by atoms with E-state index in [4.69, 9.17) is 9.73 Å². The summed E-state index contributed by atoms with van der Waals surface area (Å²) in [7, 11) is 1.70. The first kappa shape index (κ1) is 19.3. The van der Waals surface area contributed by atoms with E-state index in [1.165, 1.54) is 5.69 Å². The molecule has 2 N–H and O–H groups in total. The van der Waals surface area contributed by atoms with E-state index in [1.807, 2.05) is 12.1 Å². The highest BCUT2D eigenvalue weighted by molar-refractivity contribution is 5.81. The maximum atomic E-state index is 11.7. The molecule has 0 atom stereocenters. The molecule has 7 heteroatoms. The average Bonchev–Trinajstić information content (AvgIpc) is 3.56. The van der Waals surface area contributed by atoms with Crippen LogP contribution in [0.2, 0.25) is 0 Å². The maximum absolute atomic E-state index is 11.7. The van der Waals surface area contributed by atoms with E-state index in [2.05, 4.69) is 39.5 Å². The molecule has 1 saturated heterocycles. The highest BCUT2D eigenvalue weighted by Crippen LogP contribution is 2.28. The number of carbonyl (C=O) groups is 1. The van der Waals surface area contributed by atoms with Crippen molar-refractivity contribution in [1.29, 1.82) is 0 Å². The Labute approximate surface area is 161 Å². The Morgan fingerprint density at radius 2 is 2.00 bits per heavy atom. The number of hydrogen-bond donors (Lipinski definition) is 2. The lowest BCUT2D eigenvalue weighted by atomic mass is 10.2. The number of aliphatic imine (C=N–C) groups is 1. The standard InChI is InChI=1S/C20H31N5O2/c1-3-21-20(23-10-9-22-19(26)16-7-8-16)25-13-11-24(12-14-25)17-5-4-6-18(15-17)27-2/h4-6,15-16H,3,7-14H2,1-2H3,(H,21,23)(H,22,26). The number of rotatable bonds is 7. The van der Waals surface area contributed by atoms with Gasteiger partial charge in [-0.3, -0.25) is 9.79 Å². The summed E-state index contributed by atoms with van der Waals surface area (Å²) in [5.41, 5.74) is 1.19. The van der Waals surface area contributed by atoms with E-state index in [9.17, 15) is 4.79 Å². The van der Waals surface area contributed by atoms with Gasteiger partial charge in [0.25, 0.3) is 0 Å². The summed E-state index contributed by atoms with van der Waals surface area (Å²) in [5, 5.41) is 6.35. The van der Waals surface area contributed by atoms with Crippen LogP contribution in [0.1, 0.15) is 19.8 Å². The Bertz CT molecular complexity index is 652. The smallest absolute Gasteiger partial charge is 0.223 e. The number of ether oxygens (including phenoxy) is 1. The van der Waals surface area contributed by atoms with E-state index >= 15 is 0 Å². The summed E-state index contributed by atoms with van der Waals surface area (Å²) in [6.45, 7) is 7.84. The second-order valence-corrected chi connectivity index (χ2v) is 6.98. The number of hydrogen-bond acceptors (Lipinski definition) is 4. The molecule has 7 nitrogen and oxygen atoms in total. The predicted octanol–water partition coefficient (Wildman–Crippen LogP) is 1.31. The van der Waals surface area contributed by atoms with Crippen molar-refractivity contribution in [2.45, 2.75) is 19.8 Å². The Morgan fingerprint density at radius 3 is 2.67 bits per heavy atom. The van der Waals surface area contributed by atoms with Crippen LogP contribution >= 0.6 is 0 Å². The summed E-state index contributed by atoms with van der Waals surface area (Å²) in [5.74, 6) is 2.26. The number of piperazine rings is 1. The van der Waals surface area contributed by atoms with E-state index in [-0.39, 0.29) is 11.8 Å². The van der Waals surface area contributed by atoms with E-state index in [1.54, 1.807) is 7.11 Å². The molecule has 0 spiro atoms. The van der Waals surface area contributed by atoms with Crippen LogP contribution in [0, 0.1) is 5.92 Å². The van der Waals surface area contributed by atoms with E-state index in [0.29, 0.717) is 13.1 Å². The molecule has 27 heavy (non-hydrogen) atoms. The molecule has 0 radical (unpaired) electrons. The molecule has 148 valence electrons. The predicted molar refractivity (Wildman–Crippen MR) is 108 cm³/mol. The van der Waals surface area contributed by atoms with Gasteiger partial charge in [-0.25, -0.2) is 0 Å². The minimum Gasteiger partial charge on any atom is -0.497 e. The summed E-state index contributed by atoms with van der Waals surface area (Å²) < 4.78 is 5.33. The fourth-order valence-corrected chi connectivity index (χ4v) is 3.24. The fourth-order valence-electron chi connectivity index (χ4n) is 3.24. The summed E-state index contributed by atoms with van der Waals surface area (Å²) in [4.78, 5) is 21.1. The number of carbonyl (C=O) groups excluding carboxylic acids is 1. The lowest BCUT2D eigenvalue weighted by Gasteiger charge is -2.37. The van der Waals surface area contributed by atoms with Gasteiger partial charge in [0.2, 0.25) is 5.91 Å². The monoisotopic (exact) mass is 373 g/mol. The third-order valence-electron chi connectivity index (χ3n) is 4.95. The van der Waals surface area contributed by atoms with Crippen LogP contribution in [-0.2, 0) is 4.79 Å². The molecular weight excluding hydrogens is 342 g/mol. The number of nitrogens with zero attached hydrogens (tertiary/aromatic N) is 3. The van der Waals surface area contributed by atoms with Gasteiger partial charge in [0.15, 0.2) is 5.96 Å². The van der Waals surface area contributed by atoms with E-state index in [0.717, 1.165) is 57.3 Å². The molecule has 2 fully saturated rings. The zero-order chi connectivity index (χ0) is 19.1. The van der Waals surface area contributed by atoms with Crippen molar-refractivity contribution in [3.8, 4) is 5.75 Å². The Morgan fingerprint density at radius 1 is 1.22 bits per heavy atom. The maximum Gasteiger partial charge on any atom is 0.223 e. The summed E-state index contributed by atoms with van der Waals surface area (Å²) >= 11 is 0. The molecule has 1 aliphatic carbocycles. The third kappa shape index (κ3) is 5.52. The highest BCUT2D eigenvalue weighted by atomic mass is 16.5.